The topological polar surface area (TPSA) is 114 Å². The quantitative estimate of drug-likeness (QED) is 0.506. The monoisotopic (exact) mass is 419 g/mol. The number of amides is 1. The Morgan fingerprint density at radius 2 is 1.89 bits per heavy atom. The maximum atomic E-state index is 12.3. The first-order chi connectivity index (χ1) is 13.0. The number of anilines is 1. The number of nitrogens with zero attached hydrogens (tertiary/aromatic N) is 2. The Bertz CT molecular complexity index is 965. The summed E-state index contributed by atoms with van der Waals surface area (Å²) in [5.41, 5.74) is 7.71. The maximum Gasteiger partial charge on any atom is 0.224 e. The number of carbonyl (C=O) groups excluding carboxylic acids is 2. The Hall–Kier alpha value is -2.55. The zero-order valence-corrected chi connectivity index (χ0v) is 17.2. The molecule has 1 amide bonds. The van der Waals surface area contributed by atoms with Gasteiger partial charge in [-0.25, -0.2) is 4.98 Å². The van der Waals surface area contributed by atoms with Gasteiger partial charge in [0.25, 0.3) is 0 Å². The van der Waals surface area contributed by atoms with Gasteiger partial charge < -0.3 is 11.1 Å². The molecule has 148 valence electrons. The minimum Gasteiger partial charge on any atom is -0.326 e. The molecule has 2 aromatic heterocycles. The summed E-state index contributed by atoms with van der Waals surface area (Å²) in [4.78, 5) is 30.8. The summed E-state index contributed by atoms with van der Waals surface area (Å²) in [7, 11) is 0. The van der Waals surface area contributed by atoms with Crippen LogP contribution in [0.1, 0.15) is 38.8 Å². The van der Waals surface area contributed by atoms with Crippen molar-refractivity contribution in [2.75, 3.05) is 5.32 Å². The lowest BCUT2D eigenvalue weighted by molar-refractivity contribution is -0.116. The Kier molecular flexibility index (Phi) is 7.45. The van der Waals surface area contributed by atoms with Crippen LogP contribution in [-0.2, 0) is 11.3 Å². The highest BCUT2D eigenvalue weighted by molar-refractivity contribution is 7.12. The largest absolute Gasteiger partial charge is 0.326 e. The molecule has 0 unspecified atom stereocenters. The second-order valence-corrected chi connectivity index (χ2v) is 7.65. The van der Waals surface area contributed by atoms with Crippen LogP contribution in [0.25, 0.3) is 11.4 Å². The van der Waals surface area contributed by atoms with E-state index in [9.17, 15) is 9.59 Å². The highest BCUT2D eigenvalue weighted by atomic mass is 35.5. The highest BCUT2D eigenvalue weighted by Crippen LogP contribution is 2.22. The predicted octanol–water partition coefficient (Wildman–Crippen LogP) is 3.63. The minimum atomic E-state index is -0.191. The number of H-pyrrole nitrogens is 1. The Labute approximate surface area is 173 Å². The van der Waals surface area contributed by atoms with Gasteiger partial charge >= 0.3 is 0 Å². The Morgan fingerprint density at radius 1 is 1.18 bits per heavy atom. The zero-order valence-electron chi connectivity index (χ0n) is 15.6. The van der Waals surface area contributed by atoms with Gasteiger partial charge in [-0.15, -0.1) is 23.7 Å². The van der Waals surface area contributed by atoms with Gasteiger partial charge in [0.15, 0.2) is 11.6 Å². The van der Waals surface area contributed by atoms with Crippen LogP contribution < -0.4 is 11.1 Å². The third-order valence-electron chi connectivity index (χ3n) is 4.07. The van der Waals surface area contributed by atoms with E-state index >= 15 is 0 Å². The van der Waals surface area contributed by atoms with Gasteiger partial charge in [-0.05, 0) is 44.2 Å². The van der Waals surface area contributed by atoms with E-state index in [4.69, 9.17) is 5.73 Å². The molecular formula is C19H22ClN5O2S. The van der Waals surface area contributed by atoms with Crippen molar-refractivity contribution >= 4 is 41.1 Å². The molecule has 28 heavy (non-hydrogen) atoms. The number of nitrogens with two attached hydrogens (primary N) is 1. The number of benzene rings is 1. The number of hydrogen-bond donors (Lipinski definition) is 3. The van der Waals surface area contributed by atoms with Gasteiger partial charge in [0.2, 0.25) is 5.91 Å². The van der Waals surface area contributed by atoms with Gasteiger partial charge in [-0.2, -0.15) is 5.10 Å². The standard InChI is InChI=1S/C19H21N5O2S.ClH/c1-11-9-15(12(2)27-11)16(25)7-8-18(26)21-14-5-3-13(4-6-14)19-22-17(10-20)23-24-19;/h3-6,9H,7-8,10,20H2,1-2H3,(H,21,26)(H,22,23,24);1H. The third kappa shape index (κ3) is 5.25. The van der Waals surface area contributed by atoms with Crippen molar-refractivity contribution in [1.29, 1.82) is 0 Å². The molecule has 7 nitrogen and oxygen atoms in total. The Balaban J connectivity index is 0.00000280. The summed E-state index contributed by atoms with van der Waals surface area (Å²) >= 11 is 1.60. The minimum absolute atomic E-state index is 0. The zero-order chi connectivity index (χ0) is 19.4. The van der Waals surface area contributed by atoms with E-state index in [-0.39, 0.29) is 36.9 Å². The van der Waals surface area contributed by atoms with Crippen LogP contribution in [0, 0.1) is 13.8 Å². The molecule has 9 heteroatoms. The fraction of sp³-hybridized carbons (Fsp3) is 0.263. The van der Waals surface area contributed by atoms with Gasteiger partial charge in [-0.3, -0.25) is 14.7 Å². The van der Waals surface area contributed by atoms with Crippen molar-refractivity contribution in [2.24, 2.45) is 5.73 Å². The molecule has 0 saturated heterocycles. The number of aromatic nitrogens is 3. The molecule has 0 bridgehead atoms. The number of halogens is 1. The normalized spacial score (nSPS) is 10.4. The van der Waals surface area contributed by atoms with E-state index in [0.717, 1.165) is 20.9 Å². The number of aromatic amines is 1. The lowest BCUT2D eigenvalue weighted by Crippen LogP contribution is -2.13. The van der Waals surface area contributed by atoms with E-state index in [2.05, 4.69) is 20.5 Å². The summed E-state index contributed by atoms with van der Waals surface area (Å²) in [5, 5.41) is 9.66. The molecule has 0 aliphatic carbocycles. The van der Waals surface area contributed by atoms with E-state index in [1.54, 1.807) is 23.5 Å². The first-order valence-electron chi connectivity index (χ1n) is 8.58. The van der Waals surface area contributed by atoms with Crippen LogP contribution in [0.4, 0.5) is 5.69 Å². The van der Waals surface area contributed by atoms with Crippen molar-refractivity contribution in [3.63, 3.8) is 0 Å². The smallest absolute Gasteiger partial charge is 0.224 e. The number of hydrogen-bond acceptors (Lipinski definition) is 6. The molecule has 0 aliphatic rings. The molecule has 2 heterocycles. The summed E-state index contributed by atoms with van der Waals surface area (Å²) in [6, 6.07) is 9.08. The van der Waals surface area contributed by atoms with Crippen LogP contribution in [-0.4, -0.2) is 26.9 Å². The van der Waals surface area contributed by atoms with Crippen LogP contribution in [0.2, 0.25) is 0 Å². The van der Waals surface area contributed by atoms with E-state index in [1.165, 1.54) is 0 Å². The fourth-order valence-electron chi connectivity index (χ4n) is 2.71. The van der Waals surface area contributed by atoms with Crippen LogP contribution >= 0.6 is 23.7 Å². The molecule has 0 atom stereocenters. The molecule has 0 saturated carbocycles. The molecule has 0 fully saturated rings. The van der Waals surface area contributed by atoms with Gasteiger partial charge in [0, 0.05) is 39.4 Å². The Morgan fingerprint density at radius 3 is 2.46 bits per heavy atom. The van der Waals surface area contributed by atoms with E-state index < -0.39 is 0 Å². The molecule has 3 rings (SSSR count). The molecular weight excluding hydrogens is 398 g/mol. The van der Waals surface area contributed by atoms with Crippen molar-refractivity contribution in [3.8, 4) is 11.4 Å². The number of ketones is 1. The maximum absolute atomic E-state index is 12.3. The van der Waals surface area contributed by atoms with Gasteiger partial charge in [0.05, 0.1) is 6.54 Å². The highest BCUT2D eigenvalue weighted by Gasteiger charge is 2.14. The average molecular weight is 420 g/mol. The van der Waals surface area contributed by atoms with E-state index in [0.29, 0.717) is 23.9 Å². The summed E-state index contributed by atoms with van der Waals surface area (Å²) in [6.45, 7) is 4.20. The summed E-state index contributed by atoms with van der Waals surface area (Å²) in [6.07, 6.45) is 0.343. The fourth-order valence-corrected chi connectivity index (χ4v) is 3.65. The van der Waals surface area contributed by atoms with Crippen molar-refractivity contribution in [1.82, 2.24) is 15.2 Å². The van der Waals surface area contributed by atoms with Crippen LogP contribution in [0.15, 0.2) is 30.3 Å². The molecule has 0 radical (unpaired) electrons. The number of rotatable bonds is 7. The van der Waals surface area contributed by atoms with Crippen molar-refractivity contribution in [3.05, 3.63) is 51.5 Å². The molecule has 0 spiro atoms. The molecule has 0 aliphatic heterocycles. The number of nitrogens with one attached hydrogen (secondary N) is 2. The lowest BCUT2D eigenvalue weighted by atomic mass is 10.1. The number of Topliss-reactive ketones (excluding diaryl/α,β-unsaturated/α-hetero) is 1. The van der Waals surface area contributed by atoms with Crippen molar-refractivity contribution in [2.45, 2.75) is 33.2 Å². The molecule has 3 aromatic rings. The molecule has 1 aromatic carbocycles. The molecule has 4 N–H and O–H groups in total. The first-order valence-corrected chi connectivity index (χ1v) is 9.40. The second-order valence-electron chi connectivity index (χ2n) is 6.19. The summed E-state index contributed by atoms with van der Waals surface area (Å²) in [5.74, 6) is 0.982. The van der Waals surface area contributed by atoms with Crippen LogP contribution in [0.3, 0.4) is 0 Å². The number of carbonyl (C=O) groups is 2. The lowest BCUT2D eigenvalue weighted by Gasteiger charge is -2.05. The van der Waals surface area contributed by atoms with Crippen LogP contribution in [0.5, 0.6) is 0 Å². The van der Waals surface area contributed by atoms with Gasteiger partial charge in [0.1, 0.15) is 5.82 Å². The number of aryl methyl sites for hydroxylation is 2. The second kappa shape index (κ2) is 9.59. The number of thiophene rings is 1. The van der Waals surface area contributed by atoms with E-state index in [1.807, 2.05) is 32.0 Å². The summed E-state index contributed by atoms with van der Waals surface area (Å²) < 4.78 is 0. The average Bonchev–Trinajstić information content (AvgIpc) is 3.26. The SMILES string of the molecule is Cc1cc(C(=O)CCC(=O)Nc2ccc(-c3n[nH]c(CN)n3)cc2)c(C)s1.Cl. The third-order valence-corrected chi connectivity index (χ3v) is 5.04. The predicted molar refractivity (Wildman–Crippen MR) is 113 cm³/mol. The van der Waals surface area contributed by atoms with Crippen molar-refractivity contribution < 1.29 is 9.59 Å². The van der Waals surface area contributed by atoms with Gasteiger partial charge in [-0.1, -0.05) is 0 Å². The first kappa shape index (κ1) is 21.7.